The van der Waals surface area contributed by atoms with Crippen molar-refractivity contribution in [3.05, 3.63) is 70.2 Å². The molecule has 0 radical (unpaired) electrons. The van der Waals surface area contributed by atoms with Gasteiger partial charge in [-0.2, -0.15) is 0 Å². The zero-order valence-corrected chi connectivity index (χ0v) is 12.8. The summed E-state index contributed by atoms with van der Waals surface area (Å²) in [5.74, 6) is 0. The number of halogens is 1. The molecule has 2 aromatic rings. The molecule has 0 amide bonds. The third-order valence-electron chi connectivity index (χ3n) is 3.93. The molecule has 0 aromatic heterocycles. The fourth-order valence-corrected chi connectivity index (χ4v) is 2.89. The van der Waals surface area contributed by atoms with Crippen molar-refractivity contribution in [3.8, 4) is 0 Å². The quantitative estimate of drug-likeness (QED) is 0.849. The van der Waals surface area contributed by atoms with Crippen LogP contribution in [-0.4, -0.2) is 19.7 Å². The largest absolute Gasteiger partial charge is 0.372 e. The van der Waals surface area contributed by atoms with Gasteiger partial charge >= 0.3 is 0 Å². The van der Waals surface area contributed by atoms with Gasteiger partial charge in [0.1, 0.15) is 0 Å². The molecule has 1 heterocycles. The fraction of sp³-hybridized carbons (Fsp3) is 0.333. The Morgan fingerprint density at radius 3 is 2.76 bits per heavy atom. The van der Waals surface area contributed by atoms with Gasteiger partial charge in [0.2, 0.25) is 0 Å². The van der Waals surface area contributed by atoms with Gasteiger partial charge < -0.3 is 10.1 Å². The maximum absolute atomic E-state index is 5.89. The zero-order chi connectivity index (χ0) is 14.5. The highest BCUT2D eigenvalue weighted by Gasteiger charge is 2.19. The van der Waals surface area contributed by atoms with Crippen molar-refractivity contribution >= 4 is 11.6 Å². The molecule has 0 aliphatic carbocycles. The molecule has 21 heavy (non-hydrogen) atoms. The smallest absolute Gasteiger partial charge is 0.0952 e. The highest BCUT2D eigenvalue weighted by molar-refractivity contribution is 6.30. The average molecular weight is 302 g/mol. The Morgan fingerprint density at radius 2 is 1.90 bits per heavy atom. The SMILES string of the molecule is Clc1ccc(CCNCC2OCCc3ccccc32)cc1. The first kappa shape index (κ1) is 14.6. The van der Waals surface area contributed by atoms with Gasteiger partial charge in [-0.1, -0.05) is 48.0 Å². The molecule has 0 saturated carbocycles. The predicted molar refractivity (Wildman–Crippen MR) is 86.9 cm³/mol. The van der Waals surface area contributed by atoms with Gasteiger partial charge in [-0.25, -0.2) is 0 Å². The van der Waals surface area contributed by atoms with Gasteiger partial charge in [0.25, 0.3) is 0 Å². The Kier molecular flexibility index (Phi) is 4.91. The Balaban J connectivity index is 1.49. The summed E-state index contributed by atoms with van der Waals surface area (Å²) in [6, 6.07) is 16.6. The van der Waals surface area contributed by atoms with E-state index in [0.29, 0.717) is 0 Å². The molecule has 3 rings (SSSR count). The summed E-state index contributed by atoms with van der Waals surface area (Å²) in [5, 5.41) is 4.29. The molecule has 0 saturated heterocycles. The fourth-order valence-electron chi connectivity index (χ4n) is 2.76. The molecule has 110 valence electrons. The Labute approximate surface area is 131 Å². The molecule has 1 N–H and O–H groups in total. The van der Waals surface area contributed by atoms with Crippen LogP contribution in [-0.2, 0) is 17.6 Å². The van der Waals surface area contributed by atoms with E-state index in [-0.39, 0.29) is 6.10 Å². The maximum atomic E-state index is 5.89. The summed E-state index contributed by atoms with van der Waals surface area (Å²) in [7, 11) is 0. The normalized spacial score (nSPS) is 17.5. The first-order chi connectivity index (χ1) is 10.3. The van der Waals surface area contributed by atoms with Gasteiger partial charge in [-0.05, 0) is 48.2 Å². The van der Waals surface area contributed by atoms with Crippen LogP contribution in [0.1, 0.15) is 22.8 Å². The molecule has 1 aliphatic heterocycles. The maximum Gasteiger partial charge on any atom is 0.0952 e. The van der Waals surface area contributed by atoms with E-state index in [9.17, 15) is 0 Å². The molecule has 2 aromatic carbocycles. The summed E-state index contributed by atoms with van der Waals surface area (Å²) in [4.78, 5) is 0. The topological polar surface area (TPSA) is 21.3 Å². The number of nitrogens with one attached hydrogen (secondary N) is 1. The summed E-state index contributed by atoms with van der Waals surface area (Å²) < 4.78 is 5.89. The molecular formula is C18H20ClNO. The first-order valence-electron chi connectivity index (χ1n) is 7.47. The second-order valence-corrected chi connectivity index (χ2v) is 5.83. The number of fused-ring (bicyclic) bond motifs is 1. The number of benzene rings is 2. The minimum absolute atomic E-state index is 0.181. The van der Waals surface area contributed by atoms with Crippen LogP contribution in [0.3, 0.4) is 0 Å². The van der Waals surface area contributed by atoms with Crippen molar-refractivity contribution in [1.29, 1.82) is 0 Å². The predicted octanol–water partition coefficient (Wildman–Crippen LogP) is 3.79. The van der Waals surface area contributed by atoms with Crippen LogP contribution in [0.15, 0.2) is 48.5 Å². The second kappa shape index (κ2) is 7.08. The van der Waals surface area contributed by atoms with E-state index in [1.165, 1.54) is 16.7 Å². The number of ether oxygens (including phenoxy) is 1. The molecule has 0 fully saturated rings. The number of rotatable bonds is 5. The first-order valence-corrected chi connectivity index (χ1v) is 7.85. The summed E-state index contributed by atoms with van der Waals surface area (Å²) in [5.41, 5.74) is 4.06. The lowest BCUT2D eigenvalue weighted by molar-refractivity contribution is 0.0427. The van der Waals surface area contributed by atoms with Gasteiger partial charge in [0.15, 0.2) is 0 Å². The van der Waals surface area contributed by atoms with Crippen LogP contribution in [0.25, 0.3) is 0 Å². The molecule has 1 aliphatic rings. The van der Waals surface area contributed by atoms with E-state index in [1.54, 1.807) is 0 Å². The summed E-state index contributed by atoms with van der Waals surface area (Å²) >= 11 is 5.89. The van der Waals surface area contributed by atoms with E-state index < -0.39 is 0 Å². The highest BCUT2D eigenvalue weighted by atomic mass is 35.5. The van der Waals surface area contributed by atoms with Crippen LogP contribution in [0.2, 0.25) is 5.02 Å². The van der Waals surface area contributed by atoms with Crippen molar-refractivity contribution in [2.75, 3.05) is 19.7 Å². The van der Waals surface area contributed by atoms with Gasteiger partial charge in [0.05, 0.1) is 12.7 Å². The Morgan fingerprint density at radius 1 is 1.10 bits per heavy atom. The molecular weight excluding hydrogens is 282 g/mol. The summed E-state index contributed by atoms with van der Waals surface area (Å²) in [6.45, 7) is 2.63. The monoisotopic (exact) mass is 301 g/mol. The van der Waals surface area contributed by atoms with Crippen LogP contribution in [0, 0.1) is 0 Å². The van der Waals surface area contributed by atoms with Crippen LogP contribution >= 0.6 is 11.6 Å². The third kappa shape index (κ3) is 3.85. The van der Waals surface area contributed by atoms with Crippen molar-refractivity contribution in [3.63, 3.8) is 0 Å². The lowest BCUT2D eigenvalue weighted by Gasteiger charge is -2.26. The molecule has 3 heteroatoms. The molecule has 2 nitrogen and oxygen atoms in total. The standard InChI is InChI=1S/C18H20ClNO/c19-16-7-5-14(6-8-16)9-11-20-13-18-17-4-2-1-3-15(17)10-12-21-18/h1-8,18,20H,9-13H2. The van der Waals surface area contributed by atoms with E-state index in [1.807, 2.05) is 12.1 Å². The van der Waals surface area contributed by atoms with Crippen molar-refractivity contribution in [2.24, 2.45) is 0 Å². The van der Waals surface area contributed by atoms with E-state index in [0.717, 1.165) is 37.6 Å². The Hall–Kier alpha value is -1.35. The van der Waals surface area contributed by atoms with Crippen molar-refractivity contribution < 1.29 is 4.74 Å². The molecule has 0 spiro atoms. The van der Waals surface area contributed by atoms with E-state index >= 15 is 0 Å². The summed E-state index contributed by atoms with van der Waals surface area (Å²) in [6.07, 6.45) is 2.21. The van der Waals surface area contributed by atoms with Crippen molar-refractivity contribution in [1.82, 2.24) is 5.32 Å². The number of hydrogen-bond acceptors (Lipinski definition) is 2. The van der Waals surface area contributed by atoms with Gasteiger partial charge in [-0.3, -0.25) is 0 Å². The van der Waals surface area contributed by atoms with Crippen LogP contribution < -0.4 is 5.32 Å². The lowest BCUT2D eigenvalue weighted by atomic mass is 9.97. The highest BCUT2D eigenvalue weighted by Crippen LogP contribution is 2.26. The second-order valence-electron chi connectivity index (χ2n) is 5.39. The third-order valence-corrected chi connectivity index (χ3v) is 4.18. The molecule has 1 unspecified atom stereocenters. The van der Waals surface area contributed by atoms with E-state index in [4.69, 9.17) is 16.3 Å². The van der Waals surface area contributed by atoms with Crippen molar-refractivity contribution in [2.45, 2.75) is 18.9 Å². The zero-order valence-electron chi connectivity index (χ0n) is 12.0. The minimum atomic E-state index is 0.181. The van der Waals surface area contributed by atoms with Gasteiger partial charge in [-0.15, -0.1) is 0 Å². The average Bonchev–Trinajstić information content (AvgIpc) is 2.53. The molecule has 0 bridgehead atoms. The molecule has 1 atom stereocenters. The van der Waals surface area contributed by atoms with E-state index in [2.05, 4.69) is 41.7 Å². The van der Waals surface area contributed by atoms with Crippen LogP contribution in [0.5, 0.6) is 0 Å². The van der Waals surface area contributed by atoms with Crippen LogP contribution in [0.4, 0.5) is 0 Å². The number of hydrogen-bond donors (Lipinski definition) is 1. The lowest BCUT2D eigenvalue weighted by Crippen LogP contribution is -2.28. The minimum Gasteiger partial charge on any atom is -0.372 e. The van der Waals surface area contributed by atoms with Gasteiger partial charge in [0, 0.05) is 11.6 Å². The Bertz CT molecular complexity index is 582.